The summed E-state index contributed by atoms with van der Waals surface area (Å²) in [5.74, 6) is -0.258. The van der Waals surface area contributed by atoms with Gasteiger partial charge in [-0.2, -0.15) is 0 Å². The normalized spacial score (nSPS) is 11.8. The van der Waals surface area contributed by atoms with Gasteiger partial charge < -0.3 is 10.1 Å². The fraction of sp³-hybridized carbons (Fsp3) is 0.278. The minimum atomic E-state index is -0.494. The molecule has 0 aliphatic carbocycles. The molecular weight excluding hydrogens is 262 g/mol. The lowest BCUT2D eigenvalue weighted by atomic mass is 10.0. The van der Waals surface area contributed by atoms with E-state index in [1.807, 2.05) is 63.2 Å². The Labute approximate surface area is 126 Å². The van der Waals surface area contributed by atoms with Crippen LogP contribution in [0.5, 0.6) is 0 Å². The van der Waals surface area contributed by atoms with Crippen molar-refractivity contribution >= 4 is 11.7 Å². The summed E-state index contributed by atoms with van der Waals surface area (Å²) in [4.78, 5) is 12.3. The first-order chi connectivity index (χ1) is 10.1. The van der Waals surface area contributed by atoms with E-state index in [1.54, 1.807) is 0 Å². The molecule has 0 aromatic heterocycles. The van der Waals surface area contributed by atoms with Crippen LogP contribution in [0.1, 0.15) is 29.7 Å². The van der Waals surface area contributed by atoms with Crippen LogP contribution in [-0.4, -0.2) is 12.6 Å². The number of esters is 1. The predicted molar refractivity (Wildman–Crippen MR) is 85.4 cm³/mol. The molecule has 110 valence electrons. The van der Waals surface area contributed by atoms with Crippen LogP contribution in [0.2, 0.25) is 0 Å². The maximum Gasteiger partial charge on any atom is 0.333 e. The lowest BCUT2D eigenvalue weighted by Crippen LogP contribution is -2.23. The second kappa shape index (κ2) is 6.93. The SMILES string of the molecule is CCOC(=O)C(Nc1ccccc1)c1cc(C)cc(C)c1. The van der Waals surface area contributed by atoms with E-state index in [0.29, 0.717) is 6.61 Å². The van der Waals surface area contributed by atoms with Crippen LogP contribution in [0.4, 0.5) is 5.69 Å². The highest BCUT2D eigenvalue weighted by molar-refractivity contribution is 5.81. The van der Waals surface area contributed by atoms with Crippen LogP contribution in [0.15, 0.2) is 48.5 Å². The van der Waals surface area contributed by atoms with Gasteiger partial charge in [-0.3, -0.25) is 0 Å². The van der Waals surface area contributed by atoms with E-state index in [2.05, 4.69) is 11.4 Å². The highest BCUT2D eigenvalue weighted by Crippen LogP contribution is 2.23. The van der Waals surface area contributed by atoms with Crippen molar-refractivity contribution in [2.45, 2.75) is 26.8 Å². The maximum atomic E-state index is 12.3. The Kier molecular flexibility index (Phi) is 4.99. The first kappa shape index (κ1) is 15.1. The second-order valence-corrected chi connectivity index (χ2v) is 5.12. The third-order valence-corrected chi connectivity index (χ3v) is 3.18. The van der Waals surface area contributed by atoms with Gasteiger partial charge >= 0.3 is 5.97 Å². The fourth-order valence-corrected chi connectivity index (χ4v) is 2.38. The Morgan fingerprint density at radius 2 is 1.71 bits per heavy atom. The zero-order valence-electron chi connectivity index (χ0n) is 12.7. The highest BCUT2D eigenvalue weighted by atomic mass is 16.5. The lowest BCUT2D eigenvalue weighted by Gasteiger charge is -2.19. The number of benzene rings is 2. The topological polar surface area (TPSA) is 38.3 Å². The van der Waals surface area contributed by atoms with E-state index in [0.717, 1.165) is 22.4 Å². The lowest BCUT2D eigenvalue weighted by molar-refractivity contribution is -0.144. The summed E-state index contributed by atoms with van der Waals surface area (Å²) in [6.07, 6.45) is 0. The summed E-state index contributed by atoms with van der Waals surface area (Å²) >= 11 is 0. The first-order valence-corrected chi connectivity index (χ1v) is 7.16. The van der Waals surface area contributed by atoms with Gasteiger partial charge in [-0.1, -0.05) is 47.5 Å². The van der Waals surface area contributed by atoms with Gasteiger partial charge in [-0.15, -0.1) is 0 Å². The van der Waals surface area contributed by atoms with Crippen LogP contribution in [0.25, 0.3) is 0 Å². The largest absolute Gasteiger partial charge is 0.464 e. The van der Waals surface area contributed by atoms with Crippen molar-refractivity contribution in [2.75, 3.05) is 11.9 Å². The zero-order chi connectivity index (χ0) is 15.2. The summed E-state index contributed by atoms with van der Waals surface area (Å²) in [5.41, 5.74) is 4.09. The molecule has 0 aliphatic heterocycles. The maximum absolute atomic E-state index is 12.3. The van der Waals surface area contributed by atoms with Crippen molar-refractivity contribution in [1.82, 2.24) is 0 Å². The first-order valence-electron chi connectivity index (χ1n) is 7.16. The molecule has 0 amide bonds. The van der Waals surface area contributed by atoms with Gasteiger partial charge in [0.05, 0.1) is 6.61 Å². The molecule has 3 nitrogen and oxygen atoms in total. The number of para-hydroxylation sites is 1. The Morgan fingerprint density at radius 3 is 2.29 bits per heavy atom. The Bertz CT molecular complexity index is 588. The molecule has 0 saturated heterocycles. The molecule has 2 rings (SSSR count). The quantitative estimate of drug-likeness (QED) is 0.842. The summed E-state index contributed by atoms with van der Waals surface area (Å²) in [5, 5.41) is 3.26. The van der Waals surface area contributed by atoms with E-state index in [-0.39, 0.29) is 5.97 Å². The molecule has 1 unspecified atom stereocenters. The summed E-state index contributed by atoms with van der Waals surface area (Å²) in [7, 11) is 0. The number of nitrogens with one attached hydrogen (secondary N) is 1. The van der Waals surface area contributed by atoms with Gasteiger partial charge in [-0.05, 0) is 38.5 Å². The summed E-state index contributed by atoms with van der Waals surface area (Å²) < 4.78 is 5.21. The number of ether oxygens (including phenoxy) is 1. The Hall–Kier alpha value is -2.29. The van der Waals surface area contributed by atoms with Crippen molar-refractivity contribution < 1.29 is 9.53 Å². The van der Waals surface area contributed by atoms with Gasteiger partial charge in [0.15, 0.2) is 6.04 Å². The number of hydrogen-bond donors (Lipinski definition) is 1. The van der Waals surface area contributed by atoms with Gasteiger partial charge in [0.2, 0.25) is 0 Å². The molecule has 2 aromatic carbocycles. The molecule has 0 radical (unpaired) electrons. The minimum Gasteiger partial charge on any atom is -0.464 e. The molecule has 1 N–H and O–H groups in total. The third kappa shape index (κ3) is 4.09. The van der Waals surface area contributed by atoms with E-state index in [9.17, 15) is 4.79 Å². The van der Waals surface area contributed by atoms with E-state index in [4.69, 9.17) is 4.74 Å². The molecule has 3 heteroatoms. The molecule has 0 bridgehead atoms. The average Bonchev–Trinajstić information content (AvgIpc) is 2.45. The molecule has 0 fully saturated rings. The minimum absolute atomic E-state index is 0.258. The van der Waals surface area contributed by atoms with Crippen LogP contribution < -0.4 is 5.32 Å². The highest BCUT2D eigenvalue weighted by Gasteiger charge is 2.22. The van der Waals surface area contributed by atoms with E-state index in [1.165, 1.54) is 0 Å². The Morgan fingerprint density at radius 1 is 1.10 bits per heavy atom. The number of carbonyl (C=O) groups is 1. The summed E-state index contributed by atoms with van der Waals surface area (Å²) in [6, 6.07) is 15.3. The Balaban J connectivity index is 2.33. The number of anilines is 1. The molecule has 0 aliphatic rings. The molecular formula is C18H21NO2. The van der Waals surface area contributed by atoms with Gasteiger partial charge in [0, 0.05) is 5.69 Å². The molecule has 0 spiro atoms. The van der Waals surface area contributed by atoms with Crippen molar-refractivity contribution in [1.29, 1.82) is 0 Å². The molecule has 1 atom stereocenters. The fourth-order valence-electron chi connectivity index (χ4n) is 2.38. The van der Waals surface area contributed by atoms with Gasteiger partial charge in [0.1, 0.15) is 0 Å². The van der Waals surface area contributed by atoms with Gasteiger partial charge in [-0.25, -0.2) is 4.79 Å². The van der Waals surface area contributed by atoms with E-state index < -0.39 is 6.04 Å². The monoisotopic (exact) mass is 283 g/mol. The van der Waals surface area contributed by atoms with Crippen molar-refractivity contribution in [3.63, 3.8) is 0 Å². The van der Waals surface area contributed by atoms with Crippen molar-refractivity contribution in [3.05, 3.63) is 65.2 Å². The predicted octanol–water partition coefficient (Wildman–Crippen LogP) is 4.02. The van der Waals surface area contributed by atoms with Crippen LogP contribution in [-0.2, 0) is 9.53 Å². The summed E-state index contributed by atoms with van der Waals surface area (Å²) in [6.45, 7) is 6.25. The third-order valence-electron chi connectivity index (χ3n) is 3.18. The molecule has 2 aromatic rings. The number of hydrogen-bond acceptors (Lipinski definition) is 3. The molecule has 0 heterocycles. The van der Waals surface area contributed by atoms with Crippen LogP contribution in [0, 0.1) is 13.8 Å². The zero-order valence-corrected chi connectivity index (χ0v) is 12.7. The van der Waals surface area contributed by atoms with Gasteiger partial charge in [0.25, 0.3) is 0 Å². The standard InChI is InChI=1S/C18H21NO2/c1-4-21-18(20)17(19-16-8-6-5-7-9-16)15-11-13(2)10-14(3)12-15/h5-12,17,19H,4H2,1-3H3. The second-order valence-electron chi connectivity index (χ2n) is 5.12. The van der Waals surface area contributed by atoms with Crippen molar-refractivity contribution in [2.24, 2.45) is 0 Å². The molecule has 0 saturated carbocycles. The van der Waals surface area contributed by atoms with Crippen LogP contribution >= 0.6 is 0 Å². The van der Waals surface area contributed by atoms with Crippen LogP contribution in [0.3, 0.4) is 0 Å². The van der Waals surface area contributed by atoms with Crippen molar-refractivity contribution in [3.8, 4) is 0 Å². The number of carbonyl (C=O) groups excluding carboxylic acids is 1. The average molecular weight is 283 g/mol. The number of rotatable bonds is 5. The molecule has 21 heavy (non-hydrogen) atoms. The number of aryl methyl sites for hydroxylation is 2. The smallest absolute Gasteiger partial charge is 0.333 e. The van der Waals surface area contributed by atoms with E-state index >= 15 is 0 Å².